The Hall–Kier alpha value is -0.450. The van der Waals surface area contributed by atoms with Crippen molar-refractivity contribution in [1.82, 2.24) is 15.5 Å². The van der Waals surface area contributed by atoms with Crippen LogP contribution in [0.5, 0.6) is 0 Å². The SMILES string of the molecule is CCNC(=NCc1cc(Br)ccc1F)NCC(C)(C)N1CCOCC1.I. The molecule has 2 N–H and O–H groups in total. The lowest BCUT2D eigenvalue weighted by molar-refractivity contribution is -0.00834. The van der Waals surface area contributed by atoms with Gasteiger partial charge in [0.15, 0.2) is 5.96 Å². The number of rotatable bonds is 6. The summed E-state index contributed by atoms with van der Waals surface area (Å²) in [6, 6.07) is 4.91. The fraction of sp³-hybridized carbons (Fsp3) is 0.611. The van der Waals surface area contributed by atoms with E-state index in [0.717, 1.165) is 43.9 Å². The van der Waals surface area contributed by atoms with Crippen LogP contribution in [0.4, 0.5) is 4.39 Å². The van der Waals surface area contributed by atoms with Crippen molar-refractivity contribution in [3.63, 3.8) is 0 Å². The Labute approximate surface area is 181 Å². The van der Waals surface area contributed by atoms with E-state index in [1.54, 1.807) is 12.1 Å². The molecule has 0 bridgehead atoms. The molecule has 1 aliphatic heterocycles. The summed E-state index contributed by atoms with van der Waals surface area (Å²) in [4.78, 5) is 6.94. The second kappa shape index (κ2) is 11.4. The van der Waals surface area contributed by atoms with E-state index in [1.165, 1.54) is 6.07 Å². The Morgan fingerprint density at radius 3 is 2.65 bits per heavy atom. The molecule has 0 radical (unpaired) electrons. The van der Waals surface area contributed by atoms with E-state index in [4.69, 9.17) is 4.74 Å². The van der Waals surface area contributed by atoms with Gasteiger partial charge in [-0.3, -0.25) is 4.90 Å². The van der Waals surface area contributed by atoms with Crippen LogP contribution < -0.4 is 10.6 Å². The largest absolute Gasteiger partial charge is 0.379 e. The van der Waals surface area contributed by atoms with Crippen molar-refractivity contribution in [2.75, 3.05) is 39.4 Å². The fourth-order valence-electron chi connectivity index (χ4n) is 2.75. The number of ether oxygens (including phenoxy) is 1. The first-order valence-corrected chi connectivity index (χ1v) is 9.50. The maximum Gasteiger partial charge on any atom is 0.191 e. The zero-order valence-corrected chi connectivity index (χ0v) is 19.6. The summed E-state index contributed by atoms with van der Waals surface area (Å²) in [7, 11) is 0. The van der Waals surface area contributed by atoms with Gasteiger partial charge in [-0.15, -0.1) is 24.0 Å². The molecule has 1 saturated heterocycles. The van der Waals surface area contributed by atoms with Crippen molar-refractivity contribution in [3.05, 3.63) is 34.1 Å². The van der Waals surface area contributed by atoms with Crippen LogP contribution in [-0.2, 0) is 11.3 Å². The molecule has 1 aliphatic rings. The zero-order chi connectivity index (χ0) is 18.3. The molecule has 1 heterocycles. The zero-order valence-electron chi connectivity index (χ0n) is 15.6. The predicted molar refractivity (Wildman–Crippen MR) is 119 cm³/mol. The van der Waals surface area contributed by atoms with Crippen LogP contribution in [-0.4, -0.2) is 55.8 Å². The lowest BCUT2D eigenvalue weighted by Crippen LogP contribution is -2.56. The molecule has 0 unspecified atom stereocenters. The molecule has 148 valence electrons. The van der Waals surface area contributed by atoms with Gasteiger partial charge in [0.05, 0.1) is 19.8 Å². The standard InChI is InChI=1S/C18H28BrFN4O.HI/c1-4-21-17(22-12-14-11-15(19)5-6-16(14)20)23-13-18(2,3)24-7-9-25-10-8-24;/h5-6,11H,4,7-10,12-13H2,1-3H3,(H2,21,22,23);1H. The van der Waals surface area contributed by atoms with E-state index in [-0.39, 0.29) is 35.3 Å². The molecular weight excluding hydrogens is 514 g/mol. The van der Waals surface area contributed by atoms with Crippen molar-refractivity contribution in [1.29, 1.82) is 0 Å². The van der Waals surface area contributed by atoms with Crippen LogP contribution in [0.25, 0.3) is 0 Å². The molecule has 8 heteroatoms. The molecule has 1 fully saturated rings. The Kier molecular flexibility index (Phi) is 10.3. The van der Waals surface area contributed by atoms with Gasteiger partial charge in [-0.05, 0) is 39.0 Å². The molecule has 2 rings (SSSR count). The topological polar surface area (TPSA) is 48.9 Å². The molecule has 1 aromatic carbocycles. The highest BCUT2D eigenvalue weighted by Crippen LogP contribution is 2.17. The number of benzene rings is 1. The first-order valence-electron chi connectivity index (χ1n) is 8.71. The van der Waals surface area contributed by atoms with Gasteiger partial charge >= 0.3 is 0 Å². The van der Waals surface area contributed by atoms with Crippen molar-refractivity contribution in [3.8, 4) is 0 Å². The molecule has 5 nitrogen and oxygen atoms in total. The summed E-state index contributed by atoms with van der Waals surface area (Å²) in [6.07, 6.45) is 0. The number of morpholine rings is 1. The van der Waals surface area contributed by atoms with Gasteiger partial charge in [-0.1, -0.05) is 15.9 Å². The maximum absolute atomic E-state index is 13.9. The molecule has 0 saturated carbocycles. The summed E-state index contributed by atoms with van der Waals surface area (Å²) in [6.45, 7) is 11.7. The second-order valence-corrected chi connectivity index (χ2v) is 7.61. The van der Waals surface area contributed by atoms with Crippen LogP contribution in [0.15, 0.2) is 27.7 Å². The van der Waals surface area contributed by atoms with Gasteiger partial charge in [-0.25, -0.2) is 9.38 Å². The third-order valence-corrected chi connectivity index (χ3v) is 4.81. The minimum atomic E-state index is -0.239. The molecular formula is C18H29BrFIN4O. The number of guanidine groups is 1. The summed E-state index contributed by atoms with van der Waals surface area (Å²) in [5, 5.41) is 6.61. The number of aliphatic imine (C=N–C) groups is 1. The van der Waals surface area contributed by atoms with Gasteiger partial charge in [0, 0.05) is 41.8 Å². The lowest BCUT2D eigenvalue weighted by atomic mass is 10.0. The van der Waals surface area contributed by atoms with Crippen LogP contribution in [0, 0.1) is 5.82 Å². The van der Waals surface area contributed by atoms with E-state index in [1.807, 2.05) is 6.92 Å². The van der Waals surface area contributed by atoms with Gasteiger partial charge in [0.25, 0.3) is 0 Å². The van der Waals surface area contributed by atoms with Gasteiger partial charge < -0.3 is 15.4 Å². The Balaban J connectivity index is 0.00000338. The molecule has 0 spiro atoms. The highest BCUT2D eigenvalue weighted by molar-refractivity contribution is 14.0. The molecule has 0 atom stereocenters. The van der Waals surface area contributed by atoms with E-state index in [0.29, 0.717) is 18.1 Å². The molecule has 26 heavy (non-hydrogen) atoms. The summed E-state index contributed by atoms with van der Waals surface area (Å²) in [5.41, 5.74) is 0.556. The quantitative estimate of drug-likeness (QED) is 0.329. The van der Waals surface area contributed by atoms with Crippen molar-refractivity contribution in [2.45, 2.75) is 32.9 Å². The minimum Gasteiger partial charge on any atom is -0.379 e. The van der Waals surface area contributed by atoms with E-state index in [2.05, 4.69) is 50.3 Å². The summed E-state index contributed by atoms with van der Waals surface area (Å²) < 4.78 is 20.2. The molecule has 0 aromatic heterocycles. The average molecular weight is 543 g/mol. The first kappa shape index (κ1) is 23.6. The van der Waals surface area contributed by atoms with Crippen LogP contribution in [0.1, 0.15) is 26.3 Å². The van der Waals surface area contributed by atoms with Crippen LogP contribution in [0.2, 0.25) is 0 Å². The van der Waals surface area contributed by atoms with Gasteiger partial charge in [0.2, 0.25) is 0 Å². The van der Waals surface area contributed by atoms with Crippen molar-refractivity contribution >= 4 is 45.9 Å². The van der Waals surface area contributed by atoms with Crippen LogP contribution in [0.3, 0.4) is 0 Å². The lowest BCUT2D eigenvalue weighted by Gasteiger charge is -2.41. The van der Waals surface area contributed by atoms with E-state index < -0.39 is 0 Å². The molecule has 0 amide bonds. The van der Waals surface area contributed by atoms with Gasteiger partial charge in [-0.2, -0.15) is 0 Å². The van der Waals surface area contributed by atoms with E-state index in [9.17, 15) is 4.39 Å². The van der Waals surface area contributed by atoms with Crippen LogP contribution >= 0.6 is 39.9 Å². The second-order valence-electron chi connectivity index (χ2n) is 6.70. The monoisotopic (exact) mass is 542 g/mol. The smallest absolute Gasteiger partial charge is 0.191 e. The average Bonchev–Trinajstić information content (AvgIpc) is 2.61. The van der Waals surface area contributed by atoms with Gasteiger partial charge in [0.1, 0.15) is 5.82 Å². The number of nitrogens with one attached hydrogen (secondary N) is 2. The highest BCUT2D eigenvalue weighted by atomic mass is 127. The highest BCUT2D eigenvalue weighted by Gasteiger charge is 2.28. The minimum absolute atomic E-state index is 0. The third-order valence-electron chi connectivity index (χ3n) is 4.32. The van der Waals surface area contributed by atoms with Crippen molar-refractivity contribution in [2.24, 2.45) is 4.99 Å². The number of hydrogen-bond donors (Lipinski definition) is 2. The Morgan fingerprint density at radius 2 is 2.00 bits per heavy atom. The summed E-state index contributed by atoms with van der Waals surface area (Å²) >= 11 is 3.37. The fourth-order valence-corrected chi connectivity index (χ4v) is 3.16. The number of nitrogens with zero attached hydrogens (tertiary/aromatic N) is 2. The molecule has 0 aliphatic carbocycles. The number of hydrogen-bond acceptors (Lipinski definition) is 3. The third kappa shape index (κ3) is 7.28. The van der Waals surface area contributed by atoms with E-state index >= 15 is 0 Å². The maximum atomic E-state index is 13.9. The number of halogens is 3. The normalized spacial score (nSPS) is 16.1. The Bertz CT molecular complexity index is 595. The molecule has 1 aromatic rings. The Morgan fingerprint density at radius 1 is 1.31 bits per heavy atom. The van der Waals surface area contributed by atoms with Crippen molar-refractivity contribution < 1.29 is 9.13 Å². The first-order chi connectivity index (χ1) is 11.9. The summed E-state index contributed by atoms with van der Waals surface area (Å²) in [5.74, 6) is 0.458. The predicted octanol–water partition coefficient (Wildman–Crippen LogP) is 3.37.